The lowest BCUT2D eigenvalue weighted by atomic mass is 10.2. The molecule has 116 valence electrons. The van der Waals surface area contributed by atoms with Crippen LogP contribution < -0.4 is 0 Å². The Morgan fingerprint density at radius 2 is 1.90 bits per heavy atom. The first-order chi connectivity index (χ1) is 9.76. The van der Waals surface area contributed by atoms with Gasteiger partial charge >= 0.3 is 5.97 Å². The normalized spacial score (nSPS) is 11.5. The second kappa shape index (κ2) is 7.14. The van der Waals surface area contributed by atoms with Gasteiger partial charge in [0, 0.05) is 25.2 Å². The van der Waals surface area contributed by atoms with E-state index in [-0.39, 0.29) is 31.0 Å². The minimum absolute atomic E-state index is 0.0961. The van der Waals surface area contributed by atoms with E-state index in [4.69, 9.17) is 5.11 Å². The average Bonchev–Trinajstić information content (AvgIpc) is 2.38. The number of benzene rings is 1. The molecule has 0 saturated heterocycles. The number of nitro groups is 1. The largest absolute Gasteiger partial charge is 0.481 e. The molecular weight excluding hydrogens is 300 g/mol. The van der Waals surface area contributed by atoms with Gasteiger partial charge in [0.05, 0.1) is 17.1 Å². The third kappa shape index (κ3) is 5.12. The number of non-ortho nitro benzene ring substituents is 1. The molecule has 0 saturated carbocycles. The van der Waals surface area contributed by atoms with Gasteiger partial charge in [-0.15, -0.1) is 0 Å². The van der Waals surface area contributed by atoms with Crippen molar-refractivity contribution in [2.75, 3.05) is 13.1 Å². The van der Waals surface area contributed by atoms with Crippen molar-refractivity contribution in [2.24, 2.45) is 0 Å². The van der Waals surface area contributed by atoms with Crippen molar-refractivity contribution in [2.45, 2.75) is 19.1 Å². The Balaban J connectivity index is 2.82. The Hall–Kier alpha value is -2.00. The zero-order valence-electron chi connectivity index (χ0n) is 11.4. The topological polar surface area (TPSA) is 118 Å². The van der Waals surface area contributed by atoms with Gasteiger partial charge in [-0.05, 0) is 5.56 Å². The van der Waals surface area contributed by atoms with Gasteiger partial charge in [0.1, 0.15) is 0 Å². The maximum absolute atomic E-state index is 12.2. The lowest BCUT2D eigenvalue weighted by Gasteiger charge is -2.19. The molecule has 0 aliphatic heterocycles. The molecule has 9 heteroatoms. The summed E-state index contributed by atoms with van der Waals surface area (Å²) in [5.41, 5.74) is 0.295. The smallest absolute Gasteiger partial charge is 0.304 e. The van der Waals surface area contributed by atoms with E-state index in [1.807, 2.05) is 0 Å². The van der Waals surface area contributed by atoms with Crippen LogP contribution in [0.3, 0.4) is 0 Å². The maximum atomic E-state index is 12.2. The highest BCUT2D eigenvalue weighted by Crippen LogP contribution is 2.16. The van der Waals surface area contributed by atoms with Gasteiger partial charge in [0.2, 0.25) is 10.0 Å². The molecule has 0 heterocycles. The predicted molar refractivity (Wildman–Crippen MR) is 75.2 cm³/mol. The van der Waals surface area contributed by atoms with E-state index >= 15 is 0 Å². The molecule has 0 aliphatic rings. The SMILES string of the molecule is CCN(CCC(=O)O)S(=O)(=O)Cc1ccc([N+](=O)[O-])cc1. The van der Waals surface area contributed by atoms with E-state index in [0.29, 0.717) is 5.56 Å². The number of carboxylic acid groups (broad SMARTS) is 1. The second-order valence-corrected chi connectivity index (χ2v) is 6.28. The molecule has 0 radical (unpaired) electrons. The summed E-state index contributed by atoms with van der Waals surface area (Å²) in [6.45, 7) is 1.69. The first-order valence-corrected chi connectivity index (χ1v) is 7.80. The highest BCUT2D eigenvalue weighted by atomic mass is 32.2. The van der Waals surface area contributed by atoms with Crippen LogP contribution in [0.15, 0.2) is 24.3 Å². The molecule has 21 heavy (non-hydrogen) atoms. The van der Waals surface area contributed by atoms with Gasteiger partial charge in [-0.25, -0.2) is 12.7 Å². The molecule has 1 N–H and O–H groups in total. The molecule has 0 spiro atoms. The number of nitro benzene ring substituents is 1. The van der Waals surface area contributed by atoms with Crippen molar-refractivity contribution >= 4 is 21.7 Å². The fourth-order valence-electron chi connectivity index (χ4n) is 1.73. The number of nitrogens with zero attached hydrogens (tertiary/aromatic N) is 2. The Bertz CT molecular complexity index is 611. The Morgan fingerprint density at radius 3 is 2.33 bits per heavy atom. The molecular formula is C12H16N2O6S. The summed E-state index contributed by atoms with van der Waals surface area (Å²) in [5, 5.41) is 19.1. The second-order valence-electron chi connectivity index (χ2n) is 4.32. The van der Waals surface area contributed by atoms with Gasteiger partial charge in [-0.1, -0.05) is 19.1 Å². The first kappa shape index (κ1) is 17.1. The Kier molecular flexibility index (Phi) is 5.79. The summed E-state index contributed by atoms with van der Waals surface area (Å²) in [5.74, 6) is -1.39. The number of carbonyl (C=O) groups is 1. The predicted octanol–water partition coefficient (Wildman–Crippen LogP) is 1.22. The zero-order chi connectivity index (χ0) is 16.0. The van der Waals surface area contributed by atoms with Gasteiger partial charge in [0.15, 0.2) is 0 Å². The zero-order valence-corrected chi connectivity index (χ0v) is 12.2. The molecule has 1 aromatic rings. The lowest BCUT2D eigenvalue weighted by molar-refractivity contribution is -0.384. The number of hydrogen-bond acceptors (Lipinski definition) is 5. The molecule has 0 unspecified atom stereocenters. The number of sulfonamides is 1. The van der Waals surface area contributed by atoms with Crippen molar-refractivity contribution in [1.82, 2.24) is 4.31 Å². The quantitative estimate of drug-likeness (QED) is 0.569. The van der Waals surface area contributed by atoms with E-state index in [0.717, 1.165) is 4.31 Å². The third-order valence-electron chi connectivity index (χ3n) is 2.82. The van der Waals surface area contributed by atoms with Crippen molar-refractivity contribution < 1.29 is 23.2 Å². The van der Waals surface area contributed by atoms with Crippen LogP contribution in [0.25, 0.3) is 0 Å². The van der Waals surface area contributed by atoms with E-state index < -0.39 is 20.9 Å². The van der Waals surface area contributed by atoms with Crippen LogP contribution in [0.1, 0.15) is 18.9 Å². The molecule has 8 nitrogen and oxygen atoms in total. The molecule has 0 bridgehead atoms. The Morgan fingerprint density at radius 1 is 1.33 bits per heavy atom. The van der Waals surface area contributed by atoms with Crippen LogP contribution in [0.5, 0.6) is 0 Å². The highest BCUT2D eigenvalue weighted by Gasteiger charge is 2.21. The van der Waals surface area contributed by atoms with Gasteiger partial charge in [0.25, 0.3) is 5.69 Å². The fraction of sp³-hybridized carbons (Fsp3) is 0.417. The van der Waals surface area contributed by atoms with E-state index in [1.54, 1.807) is 6.92 Å². The molecule has 0 atom stereocenters. The van der Waals surface area contributed by atoms with Gasteiger partial charge in [-0.3, -0.25) is 14.9 Å². The van der Waals surface area contributed by atoms with Crippen molar-refractivity contribution in [3.63, 3.8) is 0 Å². The highest BCUT2D eigenvalue weighted by molar-refractivity contribution is 7.88. The Labute approximate surface area is 122 Å². The van der Waals surface area contributed by atoms with Crippen molar-refractivity contribution in [1.29, 1.82) is 0 Å². The van der Waals surface area contributed by atoms with Crippen molar-refractivity contribution in [3.8, 4) is 0 Å². The molecule has 1 aromatic carbocycles. The number of rotatable bonds is 8. The van der Waals surface area contributed by atoms with Crippen LogP contribution in [0.2, 0.25) is 0 Å². The monoisotopic (exact) mass is 316 g/mol. The molecule has 0 aliphatic carbocycles. The number of aliphatic carboxylic acids is 1. The summed E-state index contributed by atoms with van der Waals surface area (Å²) >= 11 is 0. The summed E-state index contributed by atoms with van der Waals surface area (Å²) in [6.07, 6.45) is -0.271. The molecule has 0 fully saturated rings. The first-order valence-electron chi connectivity index (χ1n) is 6.19. The van der Waals surface area contributed by atoms with Crippen LogP contribution in [-0.4, -0.2) is 41.8 Å². The number of hydrogen-bond donors (Lipinski definition) is 1. The van der Waals surface area contributed by atoms with Gasteiger partial charge < -0.3 is 5.11 Å². The average molecular weight is 316 g/mol. The van der Waals surface area contributed by atoms with E-state index in [9.17, 15) is 23.3 Å². The molecule has 0 amide bonds. The molecule has 0 aromatic heterocycles. The minimum atomic E-state index is -3.65. The summed E-state index contributed by atoms with van der Waals surface area (Å²) in [4.78, 5) is 20.5. The summed E-state index contributed by atoms with van der Waals surface area (Å²) in [6, 6.07) is 5.22. The molecule has 1 rings (SSSR count). The standard InChI is InChI=1S/C12H16N2O6S/c1-2-13(8-7-12(15)16)21(19,20)9-10-3-5-11(6-4-10)14(17)18/h3-6H,2,7-9H2,1H3,(H,15,16). The van der Waals surface area contributed by atoms with Crippen molar-refractivity contribution in [3.05, 3.63) is 39.9 Å². The minimum Gasteiger partial charge on any atom is -0.481 e. The van der Waals surface area contributed by atoms with Crippen LogP contribution in [-0.2, 0) is 20.6 Å². The van der Waals surface area contributed by atoms with Crippen LogP contribution in [0, 0.1) is 10.1 Å². The fourth-order valence-corrected chi connectivity index (χ4v) is 3.29. The van der Waals surface area contributed by atoms with E-state index in [1.165, 1.54) is 24.3 Å². The maximum Gasteiger partial charge on any atom is 0.304 e. The van der Waals surface area contributed by atoms with Gasteiger partial charge in [-0.2, -0.15) is 0 Å². The van der Waals surface area contributed by atoms with E-state index in [2.05, 4.69) is 0 Å². The summed E-state index contributed by atoms with van der Waals surface area (Å²) < 4.78 is 25.4. The number of carboxylic acids is 1. The van der Waals surface area contributed by atoms with Crippen LogP contribution >= 0.6 is 0 Å². The third-order valence-corrected chi connectivity index (χ3v) is 4.74. The lowest BCUT2D eigenvalue weighted by Crippen LogP contribution is -2.33. The van der Waals surface area contributed by atoms with Crippen LogP contribution in [0.4, 0.5) is 5.69 Å². The summed E-state index contributed by atoms with van der Waals surface area (Å²) in [7, 11) is -3.65.